The third-order valence-electron chi connectivity index (χ3n) is 6.20. The molecule has 0 aromatic heterocycles. The third kappa shape index (κ3) is 12.5. The highest BCUT2D eigenvalue weighted by molar-refractivity contribution is 7.51. The molecule has 236 valence electrons. The molecule has 1 aliphatic rings. The first-order chi connectivity index (χ1) is 19.3. The highest BCUT2D eigenvalue weighted by atomic mass is 31.2. The summed E-state index contributed by atoms with van der Waals surface area (Å²) in [6.07, 6.45) is -7.51. The number of hydrogen-bond acceptors (Lipinski definition) is 11. The Balaban J connectivity index is 3.91. The Morgan fingerprint density at radius 3 is 0.927 bits per heavy atom. The van der Waals surface area contributed by atoms with E-state index in [1.165, 1.54) is 0 Å². The zero-order valence-corrected chi connectivity index (χ0v) is 25.5. The van der Waals surface area contributed by atoms with Gasteiger partial charge in [-0.2, -0.15) is 0 Å². The predicted octanol–water partition coefficient (Wildman–Crippen LogP) is 3.35. The molecule has 1 rings (SSSR count). The van der Waals surface area contributed by atoms with Crippen LogP contribution in [0.15, 0.2) is 0 Å². The average Bonchev–Trinajstić information content (AvgIpc) is 2.85. The highest BCUT2D eigenvalue weighted by Gasteiger charge is 2.60. The van der Waals surface area contributed by atoms with Gasteiger partial charge < -0.3 is 33.5 Å². The van der Waals surface area contributed by atoms with E-state index in [9.17, 15) is 38.3 Å². The zero-order chi connectivity index (χ0) is 31.2. The smallest absolute Gasteiger partial charge is 0.326 e. The Bertz CT molecular complexity index is 878. The van der Waals surface area contributed by atoms with Crippen molar-refractivity contribution in [2.24, 2.45) is 5.92 Å². The van der Waals surface area contributed by atoms with E-state index in [1.807, 2.05) is 0 Å². The number of rotatable bonds is 17. The van der Waals surface area contributed by atoms with Crippen molar-refractivity contribution in [3.63, 3.8) is 0 Å². The lowest BCUT2D eigenvalue weighted by Crippen LogP contribution is -2.66. The first kappa shape index (κ1) is 36.5. The van der Waals surface area contributed by atoms with Gasteiger partial charge in [-0.15, -0.1) is 0 Å². The van der Waals surface area contributed by atoms with Crippen LogP contribution in [0.2, 0.25) is 0 Å². The van der Waals surface area contributed by atoms with E-state index in [1.54, 1.807) is 34.6 Å². The van der Waals surface area contributed by atoms with Gasteiger partial charge in [0.1, 0.15) is 12.2 Å². The Morgan fingerprint density at radius 2 is 0.707 bits per heavy atom. The second-order valence-electron chi connectivity index (χ2n) is 10.0. The molecule has 2 unspecified atom stereocenters. The van der Waals surface area contributed by atoms with Gasteiger partial charge in [0.2, 0.25) is 0 Å². The lowest BCUT2D eigenvalue weighted by atomic mass is 9.78. The summed E-state index contributed by atoms with van der Waals surface area (Å²) < 4.78 is 40.6. The molecule has 1 aliphatic carbocycles. The van der Waals surface area contributed by atoms with Crippen LogP contribution in [0.5, 0.6) is 0 Å². The maximum absolute atomic E-state index is 12.8. The predicted molar refractivity (Wildman–Crippen MR) is 144 cm³/mol. The summed E-state index contributed by atoms with van der Waals surface area (Å²) in [6.45, 7) is 8.58. The van der Waals surface area contributed by atoms with Crippen molar-refractivity contribution in [1.82, 2.24) is 0 Å². The van der Waals surface area contributed by atoms with Gasteiger partial charge in [0, 0.05) is 32.1 Å². The summed E-state index contributed by atoms with van der Waals surface area (Å²) in [6, 6.07) is 0. The Labute approximate surface area is 241 Å². The minimum Gasteiger partial charge on any atom is -0.458 e. The van der Waals surface area contributed by atoms with Gasteiger partial charge >= 0.3 is 37.4 Å². The van der Waals surface area contributed by atoms with E-state index in [-0.39, 0.29) is 32.1 Å². The summed E-state index contributed by atoms with van der Waals surface area (Å²) in [7, 11) is -4.90. The number of carbonyl (C=O) groups excluding carboxylic acids is 5. The van der Waals surface area contributed by atoms with E-state index in [0.717, 1.165) is 0 Å². The van der Waals surface area contributed by atoms with Crippen LogP contribution < -0.4 is 0 Å². The fourth-order valence-corrected chi connectivity index (χ4v) is 5.47. The normalized spacial score (nSPS) is 24.2. The molecule has 0 radical (unpaired) electrons. The SMILES string of the molecule is CCCC(=O)OC1[C@@H](OC(=O)CCC)[C@H](OC(=O)CCC)C(CP(=O)(O)O)[C@H](OC(=O)CCC)[C@H]1OC(=O)CCC. The third-order valence-corrected chi connectivity index (χ3v) is 7.09. The number of ether oxygens (including phenoxy) is 5. The van der Waals surface area contributed by atoms with Crippen LogP contribution in [-0.4, -0.2) is 76.3 Å². The molecule has 2 N–H and O–H groups in total. The van der Waals surface area contributed by atoms with Gasteiger partial charge in [-0.25, -0.2) is 0 Å². The zero-order valence-electron chi connectivity index (χ0n) is 24.6. The molecule has 0 aromatic carbocycles. The largest absolute Gasteiger partial charge is 0.458 e. The standard InChI is InChI=1S/C27H45O13P/c1-6-11-18(28)36-23-17(16-41(33,34)35)24(37-19(29)12-7-2)26(39-21(31)14-9-4)27(40-22(32)15-10-5)25(23)38-20(30)13-8-3/h17,23-27H,6-16H2,1-5H3,(H2,33,34,35)/t17?,23-,24+,25+,26-,27?. The van der Waals surface area contributed by atoms with E-state index >= 15 is 0 Å². The van der Waals surface area contributed by atoms with Crippen LogP contribution in [0, 0.1) is 5.92 Å². The van der Waals surface area contributed by atoms with Crippen LogP contribution in [-0.2, 0) is 52.2 Å². The molecule has 13 nitrogen and oxygen atoms in total. The number of esters is 5. The maximum atomic E-state index is 12.8. The highest BCUT2D eigenvalue weighted by Crippen LogP contribution is 2.45. The molecule has 14 heteroatoms. The van der Waals surface area contributed by atoms with Gasteiger partial charge in [-0.1, -0.05) is 34.6 Å². The van der Waals surface area contributed by atoms with Crippen molar-refractivity contribution in [3.05, 3.63) is 0 Å². The van der Waals surface area contributed by atoms with Crippen LogP contribution in [0.4, 0.5) is 0 Å². The molecule has 0 aliphatic heterocycles. The molecule has 1 fully saturated rings. The van der Waals surface area contributed by atoms with Crippen LogP contribution in [0.3, 0.4) is 0 Å². The maximum Gasteiger partial charge on any atom is 0.326 e. The Kier molecular flexibility index (Phi) is 16.1. The molecule has 41 heavy (non-hydrogen) atoms. The molecular formula is C27H45O13P. The molecule has 0 spiro atoms. The van der Waals surface area contributed by atoms with Crippen molar-refractivity contribution >= 4 is 37.4 Å². The summed E-state index contributed by atoms with van der Waals surface area (Å²) in [5.74, 6) is -5.32. The van der Waals surface area contributed by atoms with Gasteiger partial charge in [-0.3, -0.25) is 28.5 Å². The van der Waals surface area contributed by atoms with Crippen LogP contribution in [0.25, 0.3) is 0 Å². The second kappa shape index (κ2) is 18.1. The summed E-state index contributed by atoms with van der Waals surface area (Å²) in [4.78, 5) is 83.7. The van der Waals surface area contributed by atoms with Crippen molar-refractivity contribution in [1.29, 1.82) is 0 Å². The molecule has 0 heterocycles. The van der Waals surface area contributed by atoms with Crippen molar-refractivity contribution < 1.29 is 62.0 Å². The molecule has 0 bridgehead atoms. The quantitative estimate of drug-likeness (QED) is 0.139. The molecular weight excluding hydrogens is 563 g/mol. The monoisotopic (exact) mass is 608 g/mol. The van der Waals surface area contributed by atoms with Gasteiger partial charge in [-0.05, 0) is 32.1 Å². The Hall–Kier alpha value is -2.50. The van der Waals surface area contributed by atoms with Gasteiger partial charge in [0.15, 0.2) is 18.3 Å². The van der Waals surface area contributed by atoms with E-state index in [2.05, 4.69) is 0 Å². The topological polar surface area (TPSA) is 189 Å². The lowest BCUT2D eigenvalue weighted by molar-refractivity contribution is -0.245. The first-order valence-electron chi connectivity index (χ1n) is 14.3. The van der Waals surface area contributed by atoms with Gasteiger partial charge in [0.05, 0.1) is 12.1 Å². The van der Waals surface area contributed by atoms with E-state index in [0.29, 0.717) is 32.1 Å². The lowest BCUT2D eigenvalue weighted by Gasteiger charge is -2.48. The molecule has 0 saturated heterocycles. The molecule has 0 amide bonds. The minimum atomic E-state index is -4.90. The van der Waals surface area contributed by atoms with Crippen molar-refractivity contribution in [2.45, 2.75) is 129 Å². The second-order valence-corrected chi connectivity index (χ2v) is 11.7. The van der Waals surface area contributed by atoms with E-state index < -0.39 is 80.0 Å². The Morgan fingerprint density at radius 1 is 0.488 bits per heavy atom. The molecule has 1 saturated carbocycles. The van der Waals surface area contributed by atoms with E-state index in [4.69, 9.17) is 23.7 Å². The first-order valence-corrected chi connectivity index (χ1v) is 16.1. The average molecular weight is 609 g/mol. The van der Waals surface area contributed by atoms with Crippen molar-refractivity contribution in [3.8, 4) is 0 Å². The summed E-state index contributed by atoms with van der Waals surface area (Å²) >= 11 is 0. The van der Waals surface area contributed by atoms with Crippen LogP contribution in [0.1, 0.15) is 98.8 Å². The molecule has 0 aromatic rings. The van der Waals surface area contributed by atoms with Crippen LogP contribution >= 0.6 is 7.60 Å². The summed E-state index contributed by atoms with van der Waals surface area (Å²) in [5.41, 5.74) is 0. The fourth-order valence-electron chi connectivity index (χ4n) is 4.50. The molecule has 6 atom stereocenters. The summed E-state index contributed by atoms with van der Waals surface area (Å²) in [5, 5.41) is 0. The number of hydrogen-bond donors (Lipinski definition) is 2. The number of carbonyl (C=O) groups is 5. The van der Waals surface area contributed by atoms with Crippen molar-refractivity contribution in [2.75, 3.05) is 6.16 Å². The van der Waals surface area contributed by atoms with Gasteiger partial charge in [0.25, 0.3) is 0 Å². The fraction of sp³-hybridized carbons (Fsp3) is 0.815. The minimum absolute atomic E-state index is 0.0613.